The number of tetrazole rings is 1. The molecule has 0 aliphatic heterocycles. The van der Waals surface area contributed by atoms with Gasteiger partial charge >= 0.3 is 6.03 Å². The van der Waals surface area contributed by atoms with Gasteiger partial charge < -0.3 is 15.5 Å². The molecule has 0 aliphatic carbocycles. The molecule has 0 atom stereocenters. The molecule has 2 amide bonds. The number of amides is 2. The highest BCUT2D eigenvalue weighted by Crippen LogP contribution is 2.25. The Hall–Kier alpha value is -2.78. The predicted octanol–water partition coefficient (Wildman–Crippen LogP) is 4.29. The lowest BCUT2D eigenvalue weighted by atomic mass is 10.1. The molecule has 0 aliphatic rings. The lowest BCUT2D eigenvalue weighted by Gasteiger charge is -2.17. The normalized spacial score (nSPS) is 11.1. The lowest BCUT2D eigenvalue weighted by molar-refractivity contribution is 0.251. The van der Waals surface area contributed by atoms with E-state index in [0.717, 1.165) is 36.0 Å². The molecule has 0 radical (unpaired) electrons. The summed E-state index contributed by atoms with van der Waals surface area (Å²) in [5.41, 5.74) is 5.47. The number of carbonyl (C=O) groups is 1. The van der Waals surface area contributed by atoms with Gasteiger partial charge in [-0.25, -0.2) is 9.48 Å². The summed E-state index contributed by atoms with van der Waals surface area (Å²) in [6.07, 6.45) is 1.93. The smallest absolute Gasteiger partial charge is 0.319 e. The standard InChI is InChI=1S/C23H30BrN7O/c1-16-7-8-18(11-17(16)2)15-30(3)10-6-5-9-25-23(32)26-21-13-19(12-20(24)14-21)22-27-28-29-31(22)4/h7-8,11-14H,5-6,9-10,15H2,1-4H3,(H2,25,26,32). The van der Waals surface area contributed by atoms with Crippen molar-refractivity contribution in [2.45, 2.75) is 33.2 Å². The van der Waals surface area contributed by atoms with Crippen molar-refractivity contribution in [2.24, 2.45) is 7.05 Å². The first-order valence-corrected chi connectivity index (χ1v) is 11.4. The molecule has 170 valence electrons. The Bertz CT molecular complexity index is 1070. The van der Waals surface area contributed by atoms with Gasteiger partial charge in [0.15, 0.2) is 5.82 Å². The number of urea groups is 1. The Morgan fingerprint density at radius 3 is 2.66 bits per heavy atom. The van der Waals surface area contributed by atoms with Crippen molar-refractivity contribution in [3.8, 4) is 11.4 Å². The number of nitrogens with one attached hydrogen (secondary N) is 2. The van der Waals surface area contributed by atoms with Crippen LogP contribution in [0.1, 0.15) is 29.5 Å². The number of rotatable bonds is 9. The van der Waals surface area contributed by atoms with Gasteiger partial charge in [0, 0.05) is 35.9 Å². The summed E-state index contributed by atoms with van der Waals surface area (Å²) in [5, 5.41) is 17.3. The second-order valence-electron chi connectivity index (χ2n) is 8.10. The number of nitrogens with zero attached hydrogens (tertiary/aromatic N) is 5. The largest absolute Gasteiger partial charge is 0.338 e. The van der Waals surface area contributed by atoms with E-state index < -0.39 is 0 Å². The highest BCUT2D eigenvalue weighted by atomic mass is 79.9. The third-order valence-corrected chi connectivity index (χ3v) is 5.77. The van der Waals surface area contributed by atoms with Crippen molar-refractivity contribution in [1.82, 2.24) is 30.4 Å². The molecule has 3 aromatic rings. The van der Waals surface area contributed by atoms with Crippen molar-refractivity contribution in [3.63, 3.8) is 0 Å². The van der Waals surface area contributed by atoms with Gasteiger partial charge in [-0.15, -0.1) is 5.10 Å². The molecule has 2 N–H and O–H groups in total. The molecular formula is C23H30BrN7O. The average Bonchev–Trinajstić information content (AvgIpc) is 3.16. The van der Waals surface area contributed by atoms with E-state index in [4.69, 9.17) is 0 Å². The summed E-state index contributed by atoms with van der Waals surface area (Å²) in [6.45, 7) is 6.82. The minimum absolute atomic E-state index is 0.228. The fraction of sp³-hybridized carbons (Fsp3) is 0.391. The molecule has 1 aromatic heterocycles. The van der Waals surface area contributed by atoms with Gasteiger partial charge in [-0.05, 0) is 85.6 Å². The molecule has 0 bridgehead atoms. The highest BCUT2D eigenvalue weighted by molar-refractivity contribution is 9.10. The Labute approximate surface area is 197 Å². The fourth-order valence-electron chi connectivity index (χ4n) is 3.44. The average molecular weight is 500 g/mol. The molecule has 0 fully saturated rings. The van der Waals surface area contributed by atoms with E-state index in [1.165, 1.54) is 16.7 Å². The first-order chi connectivity index (χ1) is 15.3. The lowest BCUT2D eigenvalue weighted by Crippen LogP contribution is -2.30. The summed E-state index contributed by atoms with van der Waals surface area (Å²) in [5.74, 6) is 0.625. The zero-order chi connectivity index (χ0) is 23.1. The summed E-state index contributed by atoms with van der Waals surface area (Å²) >= 11 is 3.48. The van der Waals surface area contributed by atoms with Crippen molar-refractivity contribution in [3.05, 3.63) is 57.6 Å². The van der Waals surface area contributed by atoms with E-state index in [1.807, 2.05) is 18.2 Å². The molecule has 0 saturated carbocycles. The van der Waals surface area contributed by atoms with Gasteiger partial charge in [-0.1, -0.05) is 34.1 Å². The van der Waals surface area contributed by atoms with Crippen molar-refractivity contribution >= 4 is 27.6 Å². The van der Waals surface area contributed by atoms with Crippen LogP contribution in [0, 0.1) is 13.8 Å². The number of anilines is 1. The quantitative estimate of drug-likeness (QED) is 0.428. The van der Waals surface area contributed by atoms with E-state index in [-0.39, 0.29) is 6.03 Å². The number of carbonyl (C=O) groups excluding carboxylic acids is 1. The SMILES string of the molecule is Cc1ccc(CN(C)CCCCNC(=O)Nc2cc(Br)cc(-c3nnnn3C)c2)cc1C. The van der Waals surface area contributed by atoms with E-state index in [2.05, 4.69) is 86.1 Å². The van der Waals surface area contributed by atoms with Gasteiger partial charge in [0.1, 0.15) is 0 Å². The molecule has 3 rings (SSSR count). The minimum Gasteiger partial charge on any atom is -0.338 e. The van der Waals surface area contributed by atoms with Crippen molar-refractivity contribution in [1.29, 1.82) is 0 Å². The Kier molecular flexibility index (Phi) is 8.35. The summed E-state index contributed by atoms with van der Waals surface area (Å²) in [6, 6.07) is 12.0. The Balaban J connectivity index is 1.39. The number of benzene rings is 2. The van der Waals surface area contributed by atoms with Gasteiger partial charge in [-0.3, -0.25) is 0 Å². The molecule has 0 saturated heterocycles. The molecule has 32 heavy (non-hydrogen) atoms. The molecule has 0 spiro atoms. The molecule has 8 nitrogen and oxygen atoms in total. The Morgan fingerprint density at radius 1 is 1.12 bits per heavy atom. The Morgan fingerprint density at radius 2 is 1.94 bits per heavy atom. The highest BCUT2D eigenvalue weighted by Gasteiger charge is 2.10. The number of unbranched alkanes of at least 4 members (excludes halogenated alkanes) is 1. The molecule has 0 unspecified atom stereocenters. The van der Waals surface area contributed by atoms with Crippen molar-refractivity contribution in [2.75, 3.05) is 25.5 Å². The second-order valence-corrected chi connectivity index (χ2v) is 9.01. The third kappa shape index (κ3) is 6.86. The van der Waals surface area contributed by atoms with Crippen LogP contribution in [0.4, 0.5) is 10.5 Å². The van der Waals surface area contributed by atoms with Gasteiger partial charge in [0.25, 0.3) is 0 Å². The summed E-state index contributed by atoms with van der Waals surface area (Å²) in [7, 11) is 3.90. The maximum absolute atomic E-state index is 12.3. The van der Waals surface area contributed by atoms with Crippen LogP contribution in [0.15, 0.2) is 40.9 Å². The first-order valence-electron chi connectivity index (χ1n) is 10.6. The van der Waals surface area contributed by atoms with Gasteiger partial charge in [-0.2, -0.15) is 0 Å². The van der Waals surface area contributed by atoms with Crippen molar-refractivity contribution < 1.29 is 4.79 Å². The monoisotopic (exact) mass is 499 g/mol. The zero-order valence-corrected chi connectivity index (χ0v) is 20.6. The molecule has 1 heterocycles. The van der Waals surface area contributed by atoms with Gasteiger partial charge in [0.2, 0.25) is 0 Å². The molecular weight excluding hydrogens is 470 g/mol. The fourth-order valence-corrected chi connectivity index (χ4v) is 3.93. The van der Waals surface area contributed by atoms with Crippen LogP contribution in [0.5, 0.6) is 0 Å². The van der Waals surface area contributed by atoms with Crippen LogP contribution in [0.2, 0.25) is 0 Å². The molecule has 9 heteroatoms. The van der Waals surface area contributed by atoms with E-state index >= 15 is 0 Å². The van der Waals surface area contributed by atoms with Crippen LogP contribution < -0.4 is 10.6 Å². The van der Waals surface area contributed by atoms with Gasteiger partial charge in [0.05, 0.1) is 0 Å². The first kappa shape index (κ1) is 23.9. The number of aryl methyl sites for hydroxylation is 3. The topological polar surface area (TPSA) is 88.0 Å². The summed E-state index contributed by atoms with van der Waals surface area (Å²) in [4.78, 5) is 14.6. The van der Waals surface area contributed by atoms with Crippen LogP contribution in [0.25, 0.3) is 11.4 Å². The van der Waals surface area contributed by atoms with E-state index in [0.29, 0.717) is 18.1 Å². The second kappa shape index (κ2) is 11.2. The van der Waals surface area contributed by atoms with E-state index in [9.17, 15) is 4.79 Å². The van der Waals surface area contributed by atoms with E-state index in [1.54, 1.807) is 11.7 Å². The van der Waals surface area contributed by atoms with Crippen LogP contribution in [0.3, 0.4) is 0 Å². The minimum atomic E-state index is -0.228. The molecule has 2 aromatic carbocycles. The van der Waals surface area contributed by atoms with Crippen LogP contribution in [-0.4, -0.2) is 51.3 Å². The third-order valence-electron chi connectivity index (χ3n) is 5.31. The predicted molar refractivity (Wildman–Crippen MR) is 130 cm³/mol. The van der Waals surface area contributed by atoms with Crippen LogP contribution >= 0.6 is 15.9 Å². The number of hydrogen-bond donors (Lipinski definition) is 2. The van der Waals surface area contributed by atoms with Crippen LogP contribution in [-0.2, 0) is 13.6 Å². The maximum Gasteiger partial charge on any atom is 0.319 e. The zero-order valence-electron chi connectivity index (χ0n) is 19.0. The summed E-state index contributed by atoms with van der Waals surface area (Å²) < 4.78 is 2.42. The number of aromatic nitrogens is 4. The number of halogens is 1. The maximum atomic E-state index is 12.3. The number of hydrogen-bond acceptors (Lipinski definition) is 5.